The van der Waals surface area contributed by atoms with Crippen LogP contribution in [0, 0.1) is 12.8 Å². The van der Waals surface area contributed by atoms with Gasteiger partial charge in [0.2, 0.25) is 5.91 Å². The summed E-state index contributed by atoms with van der Waals surface area (Å²) in [6, 6.07) is 9.86. The number of aryl methyl sites for hydroxylation is 1. The molecule has 4 rings (SSSR count). The quantitative estimate of drug-likeness (QED) is 0.669. The zero-order valence-electron chi connectivity index (χ0n) is 15.8. The van der Waals surface area contributed by atoms with Gasteiger partial charge in [0.25, 0.3) is 0 Å². The molecule has 3 aromatic heterocycles. The number of thiazole rings is 1. The normalized spacial score (nSPS) is 19.3. The van der Waals surface area contributed by atoms with Gasteiger partial charge in [-0.3, -0.25) is 4.79 Å². The minimum Gasteiger partial charge on any atom is -0.369 e. The number of hydrogen-bond acceptors (Lipinski definition) is 6. The minimum atomic E-state index is -0.171. The van der Waals surface area contributed by atoms with E-state index >= 15 is 0 Å². The number of carbonyl (C=O) groups is 1. The molecule has 0 atom stereocenters. The maximum absolute atomic E-state index is 11.4. The largest absolute Gasteiger partial charge is 0.369 e. The molecule has 6 nitrogen and oxygen atoms in total. The molecule has 0 aromatic carbocycles. The first-order chi connectivity index (χ1) is 13.6. The number of primary amides is 1. The third-order valence-corrected chi connectivity index (χ3v) is 6.36. The summed E-state index contributed by atoms with van der Waals surface area (Å²) in [4.78, 5) is 26.1. The predicted octanol–water partition coefficient (Wildman–Crippen LogP) is 4.41. The van der Waals surface area contributed by atoms with Crippen LogP contribution in [0.1, 0.15) is 42.2 Å². The van der Waals surface area contributed by atoms with Crippen molar-refractivity contribution < 1.29 is 4.79 Å². The van der Waals surface area contributed by atoms with Crippen molar-refractivity contribution >= 4 is 28.9 Å². The third kappa shape index (κ3) is 4.20. The highest BCUT2D eigenvalue weighted by atomic mass is 32.1. The average Bonchev–Trinajstić information content (AvgIpc) is 3.19. The summed E-state index contributed by atoms with van der Waals surface area (Å²) in [7, 11) is 0. The van der Waals surface area contributed by atoms with Crippen molar-refractivity contribution in [1.82, 2.24) is 15.0 Å². The second kappa shape index (κ2) is 8.06. The molecule has 1 aliphatic carbocycles. The van der Waals surface area contributed by atoms with Crippen molar-refractivity contribution in [3.05, 3.63) is 53.3 Å². The molecule has 3 aromatic rings. The Morgan fingerprint density at radius 3 is 2.71 bits per heavy atom. The number of anilines is 2. The number of hydrogen-bond donors (Lipinski definition) is 2. The molecule has 7 heteroatoms. The molecule has 0 spiro atoms. The Balaban J connectivity index is 1.47. The molecule has 1 saturated carbocycles. The Kier molecular flexibility index (Phi) is 5.34. The first kappa shape index (κ1) is 18.6. The van der Waals surface area contributed by atoms with Crippen molar-refractivity contribution in [2.45, 2.75) is 38.5 Å². The lowest BCUT2D eigenvalue weighted by Gasteiger charge is -2.24. The number of aromatic nitrogens is 3. The van der Waals surface area contributed by atoms with Crippen molar-refractivity contribution in [2.75, 3.05) is 5.32 Å². The number of rotatable bonds is 5. The SMILES string of the molecule is Cc1ccnc(Nc2cccc(-c3cnc(C4CCC(C(N)=O)CC4)s3)n2)c1. The molecule has 28 heavy (non-hydrogen) atoms. The van der Waals surface area contributed by atoms with Crippen LogP contribution in [0.4, 0.5) is 11.6 Å². The summed E-state index contributed by atoms with van der Waals surface area (Å²) in [6.45, 7) is 2.03. The molecule has 1 fully saturated rings. The van der Waals surface area contributed by atoms with Gasteiger partial charge in [0.15, 0.2) is 0 Å². The average molecular weight is 394 g/mol. The van der Waals surface area contributed by atoms with E-state index in [0.29, 0.717) is 5.92 Å². The Hall–Kier alpha value is -2.80. The highest BCUT2D eigenvalue weighted by Gasteiger charge is 2.27. The first-order valence-electron chi connectivity index (χ1n) is 9.50. The van der Waals surface area contributed by atoms with Gasteiger partial charge in [0.05, 0.1) is 15.6 Å². The van der Waals surface area contributed by atoms with E-state index in [4.69, 9.17) is 10.7 Å². The highest BCUT2D eigenvalue weighted by molar-refractivity contribution is 7.15. The summed E-state index contributed by atoms with van der Waals surface area (Å²) in [5.74, 6) is 1.80. The zero-order chi connectivity index (χ0) is 19.5. The van der Waals surface area contributed by atoms with Crippen LogP contribution in [0.5, 0.6) is 0 Å². The molecule has 3 heterocycles. The van der Waals surface area contributed by atoms with E-state index in [2.05, 4.69) is 15.3 Å². The molecule has 3 N–H and O–H groups in total. The lowest BCUT2D eigenvalue weighted by Crippen LogP contribution is -2.27. The lowest BCUT2D eigenvalue weighted by molar-refractivity contribution is -0.122. The second-order valence-electron chi connectivity index (χ2n) is 7.27. The van der Waals surface area contributed by atoms with Crippen LogP contribution >= 0.6 is 11.3 Å². The topological polar surface area (TPSA) is 93.8 Å². The number of nitrogens with two attached hydrogens (primary N) is 1. The van der Waals surface area contributed by atoms with Gasteiger partial charge in [-0.25, -0.2) is 15.0 Å². The standard InChI is InChI=1S/C21H23N5OS/c1-13-9-10-23-19(11-13)26-18-4-2-3-16(25-18)17-12-24-21(28-17)15-7-5-14(6-8-15)20(22)27/h2-4,9-12,14-15H,5-8H2,1H3,(H2,22,27)(H,23,25,26). The zero-order valence-corrected chi connectivity index (χ0v) is 16.6. The van der Waals surface area contributed by atoms with E-state index in [1.54, 1.807) is 17.5 Å². The van der Waals surface area contributed by atoms with Gasteiger partial charge in [-0.05, 0) is 62.4 Å². The molecule has 1 aliphatic rings. The molecular formula is C21H23N5OS. The Labute approximate surface area is 168 Å². The summed E-state index contributed by atoms with van der Waals surface area (Å²) in [6.07, 6.45) is 7.33. The van der Waals surface area contributed by atoms with Crippen LogP contribution in [0.2, 0.25) is 0 Å². The van der Waals surface area contributed by atoms with Crippen LogP contribution in [0.25, 0.3) is 10.6 Å². The third-order valence-electron chi connectivity index (χ3n) is 5.18. The minimum absolute atomic E-state index is 0.0235. The monoisotopic (exact) mass is 393 g/mol. The van der Waals surface area contributed by atoms with Crippen LogP contribution in [0.15, 0.2) is 42.7 Å². The van der Waals surface area contributed by atoms with Crippen molar-refractivity contribution in [3.63, 3.8) is 0 Å². The Morgan fingerprint density at radius 2 is 1.96 bits per heavy atom. The molecule has 144 valence electrons. The number of pyridine rings is 2. The number of carbonyl (C=O) groups excluding carboxylic acids is 1. The van der Waals surface area contributed by atoms with Crippen molar-refractivity contribution in [3.8, 4) is 10.6 Å². The second-order valence-corrected chi connectivity index (χ2v) is 8.33. The molecule has 0 unspecified atom stereocenters. The van der Waals surface area contributed by atoms with Gasteiger partial charge in [0, 0.05) is 24.2 Å². The summed E-state index contributed by atoms with van der Waals surface area (Å²) in [5, 5.41) is 4.38. The van der Waals surface area contributed by atoms with Gasteiger partial charge < -0.3 is 11.1 Å². The summed E-state index contributed by atoms with van der Waals surface area (Å²) in [5.41, 5.74) is 7.48. The fraction of sp³-hybridized carbons (Fsp3) is 0.333. The number of amides is 1. The maximum Gasteiger partial charge on any atom is 0.220 e. The van der Waals surface area contributed by atoms with Gasteiger partial charge in [-0.1, -0.05) is 6.07 Å². The maximum atomic E-state index is 11.4. The lowest BCUT2D eigenvalue weighted by atomic mass is 9.82. The fourth-order valence-electron chi connectivity index (χ4n) is 3.60. The van der Waals surface area contributed by atoms with Gasteiger partial charge in [0.1, 0.15) is 11.6 Å². The van der Waals surface area contributed by atoms with Crippen molar-refractivity contribution in [1.29, 1.82) is 0 Å². The molecule has 0 radical (unpaired) electrons. The van der Waals surface area contributed by atoms with Crippen LogP contribution < -0.4 is 11.1 Å². The summed E-state index contributed by atoms with van der Waals surface area (Å²) < 4.78 is 0. The van der Waals surface area contributed by atoms with E-state index in [0.717, 1.165) is 58.5 Å². The smallest absolute Gasteiger partial charge is 0.220 e. The predicted molar refractivity (Wildman–Crippen MR) is 111 cm³/mol. The van der Waals surface area contributed by atoms with Gasteiger partial charge in [-0.2, -0.15) is 0 Å². The van der Waals surface area contributed by atoms with Crippen LogP contribution in [0.3, 0.4) is 0 Å². The molecule has 0 bridgehead atoms. The number of nitrogens with one attached hydrogen (secondary N) is 1. The highest BCUT2D eigenvalue weighted by Crippen LogP contribution is 2.39. The van der Waals surface area contributed by atoms with E-state index in [9.17, 15) is 4.79 Å². The fourth-order valence-corrected chi connectivity index (χ4v) is 4.65. The van der Waals surface area contributed by atoms with E-state index in [-0.39, 0.29) is 11.8 Å². The van der Waals surface area contributed by atoms with Crippen LogP contribution in [-0.2, 0) is 4.79 Å². The molecule has 0 saturated heterocycles. The summed E-state index contributed by atoms with van der Waals surface area (Å²) >= 11 is 1.69. The van der Waals surface area contributed by atoms with Gasteiger partial charge in [-0.15, -0.1) is 11.3 Å². The van der Waals surface area contributed by atoms with Crippen molar-refractivity contribution in [2.24, 2.45) is 11.7 Å². The number of nitrogens with zero attached hydrogens (tertiary/aromatic N) is 3. The Bertz CT molecular complexity index is 978. The van der Waals surface area contributed by atoms with E-state index in [1.165, 1.54) is 0 Å². The van der Waals surface area contributed by atoms with Crippen LogP contribution in [-0.4, -0.2) is 20.9 Å². The molecular weight excluding hydrogens is 370 g/mol. The van der Waals surface area contributed by atoms with E-state index in [1.807, 2.05) is 43.5 Å². The van der Waals surface area contributed by atoms with E-state index < -0.39 is 0 Å². The van der Waals surface area contributed by atoms with Gasteiger partial charge >= 0.3 is 0 Å². The molecule has 0 aliphatic heterocycles. The molecule has 1 amide bonds. The Morgan fingerprint density at radius 1 is 1.14 bits per heavy atom. The first-order valence-corrected chi connectivity index (χ1v) is 10.3.